The molecule has 1 aliphatic rings. The van der Waals surface area contributed by atoms with Crippen molar-refractivity contribution in [3.05, 3.63) is 5.82 Å². The zero-order valence-corrected chi connectivity index (χ0v) is 11.2. The maximum atomic E-state index is 5.16. The molecule has 7 nitrogen and oxygen atoms in total. The normalized spacial score (nSPS) is 19.8. The van der Waals surface area contributed by atoms with Gasteiger partial charge in [-0.15, -0.1) is 10.2 Å². The number of tetrazole rings is 1. The largest absolute Gasteiger partial charge is 0.383 e. The molecule has 18 heavy (non-hydrogen) atoms. The average Bonchev–Trinajstić information content (AvgIpc) is 2.98. The molecule has 1 aromatic heterocycles. The first-order valence-electron chi connectivity index (χ1n) is 6.45. The summed E-state index contributed by atoms with van der Waals surface area (Å²) in [6, 6.07) is 0.582. The minimum atomic E-state index is 0.582. The fraction of sp³-hybridized carbons (Fsp3) is 0.909. The number of hydrogen-bond acceptors (Lipinski definition) is 6. The Morgan fingerprint density at radius 3 is 3.06 bits per heavy atom. The lowest BCUT2D eigenvalue weighted by molar-refractivity contribution is 0.136. The highest BCUT2D eigenvalue weighted by Crippen LogP contribution is 2.08. The molecular weight excluding hydrogens is 232 g/mol. The molecule has 102 valence electrons. The van der Waals surface area contributed by atoms with Gasteiger partial charge in [-0.2, -0.15) is 4.80 Å². The average molecular weight is 254 g/mol. The molecule has 1 atom stereocenters. The Hall–Kier alpha value is -1.05. The molecule has 0 aromatic carbocycles. The highest BCUT2D eigenvalue weighted by Gasteiger charge is 2.19. The summed E-state index contributed by atoms with van der Waals surface area (Å²) in [6.07, 6.45) is 2.52. The van der Waals surface area contributed by atoms with Gasteiger partial charge in [-0.1, -0.05) is 0 Å². The van der Waals surface area contributed by atoms with Gasteiger partial charge in [-0.05, 0) is 24.6 Å². The van der Waals surface area contributed by atoms with Crippen LogP contribution in [-0.4, -0.2) is 64.5 Å². The monoisotopic (exact) mass is 254 g/mol. The van der Waals surface area contributed by atoms with E-state index in [9.17, 15) is 0 Å². The molecule has 1 aliphatic heterocycles. The summed E-state index contributed by atoms with van der Waals surface area (Å²) in [6.45, 7) is 4.50. The Labute approximate surface area is 107 Å². The lowest BCUT2D eigenvalue weighted by atomic mass is 10.2. The van der Waals surface area contributed by atoms with Crippen LogP contribution < -0.4 is 5.32 Å². The number of aryl methyl sites for hydroxylation is 1. The van der Waals surface area contributed by atoms with E-state index in [1.165, 1.54) is 17.6 Å². The summed E-state index contributed by atoms with van der Waals surface area (Å²) >= 11 is 0. The fourth-order valence-corrected chi connectivity index (χ4v) is 2.27. The van der Waals surface area contributed by atoms with E-state index in [2.05, 4.69) is 25.6 Å². The van der Waals surface area contributed by atoms with E-state index < -0.39 is 0 Å². The third-order valence-electron chi connectivity index (χ3n) is 3.17. The van der Waals surface area contributed by atoms with Crippen molar-refractivity contribution in [2.45, 2.75) is 25.4 Å². The molecule has 1 saturated heterocycles. The predicted molar refractivity (Wildman–Crippen MR) is 67.0 cm³/mol. The van der Waals surface area contributed by atoms with Crippen molar-refractivity contribution >= 4 is 0 Å². The SMILES string of the molecule is COCCN(Cc1nnn(C)n1)CC1CCCN1. The van der Waals surface area contributed by atoms with Crippen molar-refractivity contribution in [2.24, 2.45) is 7.05 Å². The van der Waals surface area contributed by atoms with Crippen LogP contribution in [-0.2, 0) is 18.3 Å². The zero-order chi connectivity index (χ0) is 12.8. The highest BCUT2D eigenvalue weighted by atomic mass is 16.5. The smallest absolute Gasteiger partial charge is 0.188 e. The quantitative estimate of drug-likeness (QED) is 0.701. The number of methoxy groups -OCH3 is 1. The van der Waals surface area contributed by atoms with Crippen molar-refractivity contribution in [3.63, 3.8) is 0 Å². The van der Waals surface area contributed by atoms with Crippen LogP contribution in [0, 0.1) is 0 Å². The minimum absolute atomic E-state index is 0.582. The summed E-state index contributed by atoms with van der Waals surface area (Å²) in [5, 5.41) is 15.6. The second-order valence-electron chi connectivity index (χ2n) is 4.72. The van der Waals surface area contributed by atoms with Gasteiger partial charge in [0.05, 0.1) is 20.2 Å². The van der Waals surface area contributed by atoms with Gasteiger partial charge in [-0.3, -0.25) is 4.90 Å². The third kappa shape index (κ3) is 4.01. The summed E-state index contributed by atoms with van der Waals surface area (Å²) in [4.78, 5) is 3.82. The topological polar surface area (TPSA) is 68.1 Å². The number of nitrogens with zero attached hydrogens (tertiary/aromatic N) is 5. The first kappa shape index (κ1) is 13.4. The third-order valence-corrected chi connectivity index (χ3v) is 3.17. The van der Waals surface area contributed by atoms with Gasteiger partial charge < -0.3 is 10.1 Å². The molecule has 2 rings (SSSR count). The van der Waals surface area contributed by atoms with Gasteiger partial charge >= 0.3 is 0 Å². The second kappa shape index (κ2) is 6.77. The van der Waals surface area contributed by atoms with Crippen LogP contribution in [0.1, 0.15) is 18.7 Å². The van der Waals surface area contributed by atoms with Gasteiger partial charge in [0.15, 0.2) is 5.82 Å². The standard InChI is InChI=1S/C11H22N6O/c1-16-14-11(13-15-16)9-17(6-7-18-2)8-10-4-3-5-12-10/h10,12H,3-9H2,1-2H3. The maximum absolute atomic E-state index is 5.16. The lowest BCUT2D eigenvalue weighted by Crippen LogP contribution is -2.39. The van der Waals surface area contributed by atoms with E-state index in [0.29, 0.717) is 6.04 Å². The molecule has 0 bridgehead atoms. The van der Waals surface area contributed by atoms with Gasteiger partial charge in [0.25, 0.3) is 0 Å². The molecule has 0 spiro atoms. The van der Waals surface area contributed by atoms with Crippen LogP contribution in [0.4, 0.5) is 0 Å². The van der Waals surface area contributed by atoms with E-state index >= 15 is 0 Å². The number of aromatic nitrogens is 4. The number of nitrogens with one attached hydrogen (secondary N) is 1. The van der Waals surface area contributed by atoms with Crippen LogP contribution in [0.15, 0.2) is 0 Å². The molecular formula is C11H22N6O. The Morgan fingerprint density at radius 1 is 1.56 bits per heavy atom. The van der Waals surface area contributed by atoms with Gasteiger partial charge in [0.1, 0.15) is 0 Å². The number of hydrogen-bond donors (Lipinski definition) is 1. The highest BCUT2D eigenvalue weighted by molar-refractivity contribution is 4.82. The van der Waals surface area contributed by atoms with E-state index in [1.807, 2.05) is 0 Å². The molecule has 7 heteroatoms. The Kier molecular flexibility index (Phi) is 5.03. The first-order chi connectivity index (χ1) is 8.78. The summed E-state index contributed by atoms with van der Waals surface area (Å²) in [5.41, 5.74) is 0. The van der Waals surface area contributed by atoms with Gasteiger partial charge in [-0.25, -0.2) is 0 Å². The first-order valence-corrected chi connectivity index (χ1v) is 6.45. The number of rotatable bonds is 7. The van der Waals surface area contributed by atoms with Crippen molar-refractivity contribution in [1.82, 2.24) is 30.4 Å². The molecule has 0 saturated carbocycles. The molecule has 1 N–H and O–H groups in total. The summed E-state index contributed by atoms with van der Waals surface area (Å²) in [7, 11) is 3.51. The van der Waals surface area contributed by atoms with Crippen molar-refractivity contribution in [1.29, 1.82) is 0 Å². The second-order valence-corrected chi connectivity index (χ2v) is 4.72. The van der Waals surface area contributed by atoms with Crippen molar-refractivity contribution in [3.8, 4) is 0 Å². The van der Waals surface area contributed by atoms with E-state index in [4.69, 9.17) is 4.74 Å². The molecule has 0 amide bonds. The zero-order valence-electron chi connectivity index (χ0n) is 11.2. The van der Waals surface area contributed by atoms with Crippen molar-refractivity contribution < 1.29 is 4.74 Å². The van der Waals surface area contributed by atoms with Crippen molar-refractivity contribution in [2.75, 3.05) is 33.4 Å². The van der Waals surface area contributed by atoms with Crippen LogP contribution in [0.2, 0.25) is 0 Å². The minimum Gasteiger partial charge on any atom is -0.383 e. The molecule has 1 fully saturated rings. The Balaban J connectivity index is 1.86. The number of ether oxygens (including phenoxy) is 1. The molecule has 0 aliphatic carbocycles. The molecule has 2 heterocycles. The maximum Gasteiger partial charge on any atom is 0.188 e. The fourth-order valence-electron chi connectivity index (χ4n) is 2.27. The van der Waals surface area contributed by atoms with Crippen LogP contribution >= 0.6 is 0 Å². The van der Waals surface area contributed by atoms with Crippen LogP contribution in [0.3, 0.4) is 0 Å². The molecule has 1 unspecified atom stereocenters. The van der Waals surface area contributed by atoms with E-state index in [-0.39, 0.29) is 0 Å². The summed E-state index contributed by atoms with van der Waals surface area (Å²) < 4.78 is 5.16. The lowest BCUT2D eigenvalue weighted by Gasteiger charge is -2.23. The van der Waals surface area contributed by atoms with Crippen LogP contribution in [0.5, 0.6) is 0 Å². The van der Waals surface area contributed by atoms with E-state index in [1.54, 1.807) is 14.2 Å². The summed E-state index contributed by atoms with van der Waals surface area (Å²) in [5.74, 6) is 0.770. The van der Waals surface area contributed by atoms with Gasteiger partial charge in [0, 0.05) is 26.2 Å². The van der Waals surface area contributed by atoms with Crippen LogP contribution in [0.25, 0.3) is 0 Å². The predicted octanol–water partition coefficient (Wildman–Crippen LogP) is -0.589. The van der Waals surface area contributed by atoms with E-state index in [0.717, 1.165) is 38.6 Å². The van der Waals surface area contributed by atoms with Gasteiger partial charge in [0.2, 0.25) is 0 Å². The Bertz CT molecular complexity index is 349. The Morgan fingerprint density at radius 2 is 2.44 bits per heavy atom. The molecule has 1 aromatic rings. The molecule has 0 radical (unpaired) electrons.